The summed E-state index contributed by atoms with van der Waals surface area (Å²) in [7, 11) is -0.157. The minimum atomic E-state index is -0.620. The third-order valence-corrected chi connectivity index (χ3v) is 8.45. The number of esters is 1. The highest BCUT2D eigenvalue weighted by Gasteiger charge is 2.36. The van der Waals surface area contributed by atoms with Crippen LogP contribution in [0.4, 0.5) is 0 Å². The lowest BCUT2D eigenvalue weighted by molar-refractivity contribution is 0.0103. The van der Waals surface area contributed by atoms with Crippen LogP contribution >= 0.6 is 10.5 Å². The molecular weight excluding hydrogens is 412 g/mol. The second-order valence-corrected chi connectivity index (χ2v) is 10.8. The van der Waals surface area contributed by atoms with Gasteiger partial charge < -0.3 is 4.74 Å². The van der Waals surface area contributed by atoms with Crippen LogP contribution in [-0.4, -0.2) is 11.6 Å². The molecule has 1 aliphatic rings. The molecule has 1 aliphatic carbocycles. The van der Waals surface area contributed by atoms with Crippen molar-refractivity contribution in [1.82, 2.24) is 0 Å². The molecule has 0 unspecified atom stereocenters. The predicted molar refractivity (Wildman–Crippen MR) is 134 cm³/mol. The Labute approximate surface area is 192 Å². The van der Waals surface area contributed by atoms with Crippen LogP contribution in [0.1, 0.15) is 49.9 Å². The summed E-state index contributed by atoms with van der Waals surface area (Å²) in [6.45, 7) is 4.13. The second-order valence-electron chi connectivity index (χ2n) is 8.84. The quantitative estimate of drug-likeness (QED) is 0.184. The maximum atomic E-state index is 13.0. The zero-order valence-electron chi connectivity index (χ0n) is 18.6. The fourth-order valence-corrected chi connectivity index (χ4v) is 6.92. The van der Waals surface area contributed by atoms with Gasteiger partial charge in [-0.05, 0) is 74.2 Å². The van der Waals surface area contributed by atoms with Gasteiger partial charge >= 0.3 is 5.97 Å². The van der Waals surface area contributed by atoms with Crippen LogP contribution in [0, 0.1) is 17.8 Å². The lowest BCUT2D eigenvalue weighted by Crippen LogP contribution is -2.30. The first-order valence-electron chi connectivity index (χ1n) is 11.4. The van der Waals surface area contributed by atoms with E-state index in [0.717, 1.165) is 25.7 Å². The molecule has 32 heavy (non-hydrogen) atoms. The molecule has 1 fully saturated rings. The molecule has 160 valence electrons. The number of hydrogen-bond acceptors (Lipinski definition) is 2. The number of fused-ring (bicyclic) bond motifs is 3. The number of ether oxygens (including phenoxy) is 1. The van der Waals surface area contributed by atoms with Gasteiger partial charge in [0.1, 0.15) is 0 Å². The SMILES string of the molecule is CC(C)C#CC1(OC(=O)c2ccc(-[s+]3c4ccccc4c4ccccc43)cc2)CCCC1. The summed E-state index contributed by atoms with van der Waals surface area (Å²) in [6.07, 6.45) is 3.77. The smallest absolute Gasteiger partial charge is 0.339 e. The van der Waals surface area contributed by atoms with Crippen molar-refractivity contribution in [2.75, 3.05) is 0 Å². The van der Waals surface area contributed by atoms with Gasteiger partial charge in [-0.15, -0.1) is 0 Å². The molecule has 0 atom stereocenters. The minimum Gasteiger partial charge on any atom is -0.442 e. The molecule has 4 aromatic rings. The van der Waals surface area contributed by atoms with E-state index < -0.39 is 5.60 Å². The van der Waals surface area contributed by atoms with Gasteiger partial charge in [0, 0.05) is 27.2 Å². The summed E-state index contributed by atoms with van der Waals surface area (Å²) in [6, 6.07) is 25.2. The third kappa shape index (κ3) is 3.80. The highest BCUT2D eigenvalue weighted by atomic mass is 32.2. The van der Waals surface area contributed by atoms with Crippen LogP contribution in [0.25, 0.3) is 25.1 Å². The largest absolute Gasteiger partial charge is 0.442 e. The van der Waals surface area contributed by atoms with Crippen molar-refractivity contribution in [1.29, 1.82) is 0 Å². The van der Waals surface area contributed by atoms with Gasteiger partial charge in [-0.3, -0.25) is 0 Å². The molecule has 1 heterocycles. The van der Waals surface area contributed by atoms with Crippen LogP contribution in [0.2, 0.25) is 0 Å². The Kier molecular flexibility index (Phi) is 5.49. The zero-order chi connectivity index (χ0) is 22.1. The summed E-state index contributed by atoms with van der Waals surface area (Å²) in [5, 5.41) is 2.61. The number of carbonyl (C=O) groups excluding carboxylic acids is 1. The van der Waals surface area contributed by atoms with Crippen molar-refractivity contribution < 1.29 is 9.53 Å². The van der Waals surface area contributed by atoms with Gasteiger partial charge in [0.25, 0.3) is 0 Å². The van der Waals surface area contributed by atoms with Gasteiger partial charge in [-0.25, -0.2) is 4.79 Å². The fraction of sp³-hybridized carbons (Fsp3) is 0.276. The van der Waals surface area contributed by atoms with Gasteiger partial charge in [-0.1, -0.05) is 50.0 Å². The Morgan fingerprint density at radius 3 is 2.00 bits per heavy atom. The van der Waals surface area contributed by atoms with Gasteiger partial charge in [-0.2, -0.15) is 0 Å². The maximum Gasteiger partial charge on any atom is 0.339 e. The highest BCUT2D eigenvalue weighted by molar-refractivity contribution is 7.50. The van der Waals surface area contributed by atoms with Gasteiger partial charge in [0.2, 0.25) is 0 Å². The van der Waals surface area contributed by atoms with Crippen LogP contribution in [-0.2, 0) is 4.74 Å². The molecule has 2 nitrogen and oxygen atoms in total. The van der Waals surface area contributed by atoms with E-state index in [-0.39, 0.29) is 22.4 Å². The van der Waals surface area contributed by atoms with Crippen molar-refractivity contribution in [2.45, 2.75) is 45.1 Å². The van der Waals surface area contributed by atoms with E-state index in [1.807, 2.05) is 12.1 Å². The normalized spacial score (nSPS) is 15.1. The minimum absolute atomic E-state index is 0.157. The molecule has 0 radical (unpaired) electrons. The van der Waals surface area contributed by atoms with Crippen molar-refractivity contribution in [3.05, 3.63) is 78.4 Å². The topological polar surface area (TPSA) is 26.3 Å². The summed E-state index contributed by atoms with van der Waals surface area (Å²) in [5.74, 6) is 6.50. The summed E-state index contributed by atoms with van der Waals surface area (Å²) < 4.78 is 8.69. The molecule has 5 rings (SSSR count). The van der Waals surface area contributed by atoms with Crippen LogP contribution < -0.4 is 0 Å². The van der Waals surface area contributed by atoms with Crippen LogP contribution in [0.5, 0.6) is 0 Å². The van der Waals surface area contributed by atoms with E-state index in [1.54, 1.807) is 0 Å². The molecular formula is C29H27O2S+. The summed E-state index contributed by atoms with van der Waals surface area (Å²) in [4.78, 5) is 14.2. The van der Waals surface area contributed by atoms with Crippen molar-refractivity contribution in [2.24, 2.45) is 5.92 Å². The number of benzene rings is 3. The molecule has 0 bridgehead atoms. The Balaban J connectivity index is 1.47. The van der Waals surface area contributed by atoms with Crippen LogP contribution in [0.15, 0.2) is 72.8 Å². The Hall–Kier alpha value is -3.09. The highest BCUT2D eigenvalue weighted by Crippen LogP contribution is 2.48. The van der Waals surface area contributed by atoms with E-state index in [9.17, 15) is 4.79 Å². The Bertz CT molecular complexity index is 1290. The monoisotopic (exact) mass is 439 g/mol. The van der Waals surface area contributed by atoms with Gasteiger partial charge in [0.05, 0.1) is 5.56 Å². The number of carbonyl (C=O) groups is 1. The number of thiophene rings is 1. The summed E-state index contributed by atoms with van der Waals surface area (Å²) >= 11 is 0. The average Bonchev–Trinajstić information content (AvgIpc) is 3.41. The molecule has 0 N–H and O–H groups in total. The molecule has 3 heteroatoms. The zero-order valence-corrected chi connectivity index (χ0v) is 19.4. The average molecular weight is 440 g/mol. The molecule has 0 amide bonds. The Morgan fingerprint density at radius 2 is 1.44 bits per heavy atom. The first-order valence-corrected chi connectivity index (χ1v) is 12.6. The fourth-order valence-electron chi connectivity index (χ4n) is 4.54. The van der Waals surface area contributed by atoms with E-state index >= 15 is 0 Å². The molecule has 1 aromatic heterocycles. The molecule has 0 aliphatic heterocycles. The van der Waals surface area contributed by atoms with Crippen molar-refractivity contribution in [3.63, 3.8) is 0 Å². The first kappa shape index (κ1) is 20.8. The number of hydrogen-bond donors (Lipinski definition) is 0. The van der Waals surface area contributed by atoms with Crippen LogP contribution in [0.3, 0.4) is 0 Å². The van der Waals surface area contributed by atoms with E-state index in [2.05, 4.69) is 86.4 Å². The third-order valence-electron chi connectivity index (χ3n) is 6.12. The lowest BCUT2D eigenvalue weighted by Gasteiger charge is -2.23. The van der Waals surface area contributed by atoms with Crippen molar-refractivity contribution >= 4 is 36.6 Å². The standard InChI is InChI=1S/C29H27O2S/c1-21(2)17-20-29(18-7-8-19-29)31-28(30)22-13-15-23(16-14-22)32-26-11-5-3-9-24(26)25-10-4-6-12-27(25)32/h3-6,9-16,21H,7-8,18-19H2,1-2H3/q+1. The van der Waals surface area contributed by atoms with E-state index in [1.165, 1.54) is 25.1 Å². The maximum absolute atomic E-state index is 13.0. The van der Waals surface area contributed by atoms with Gasteiger partial charge in [0.15, 0.2) is 19.9 Å². The number of rotatable bonds is 3. The molecule has 0 spiro atoms. The predicted octanol–water partition coefficient (Wildman–Crippen LogP) is 7.86. The molecule has 0 saturated heterocycles. The first-order chi connectivity index (χ1) is 15.6. The second kappa shape index (κ2) is 8.45. The van der Waals surface area contributed by atoms with E-state index in [0.29, 0.717) is 5.56 Å². The Morgan fingerprint density at radius 1 is 0.875 bits per heavy atom. The lowest BCUT2D eigenvalue weighted by atomic mass is 10.0. The van der Waals surface area contributed by atoms with E-state index in [4.69, 9.17) is 4.74 Å². The summed E-state index contributed by atoms with van der Waals surface area (Å²) in [5.41, 5.74) is -0.0267. The molecule has 1 saturated carbocycles. The van der Waals surface area contributed by atoms with Crippen molar-refractivity contribution in [3.8, 4) is 16.7 Å². The molecule has 3 aromatic carbocycles.